The van der Waals surface area contributed by atoms with Crippen molar-refractivity contribution in [3.05, 3.63) is 65.7 Å². The maximum absolute atomic E-state index is 15.3. The third kappa shape index (κ3) is 4.37. The van der Waals surface area contributed by atoms with Crippen molar-refractivity contribution in [3.8, 4) is 11.4 Å². The van der Waals surface area contributed by atoms with E-state index in [1.807, 2.05) is 0 Å². The molecule has 0 radical (unpaired) electrons. The predicted octanol–water partition coefficient (Wildman–Crippen LogP) is 3.17. The number of likely N-dealkylation sites (tertiary alicyclic amines) is 1. The van der Waals surface area contributed by atoms with Gasteiger partial charge in [-0.05, 0) is 31.0 Å². The second-order valence-electron chi connectivity index (χ2n) is 6.94. The van der Waals surface area contributed by atoms with E-state index in [9.17, 15) is 4.79 Å². The molecule has 1 amide bonds. The van der Waals surface area contributed by atoms with Gasteiger partial charge in [-0.3, -0.25) is 14.8 Å². The van der Waals surface area contributed by atoms with E-state index in [4.69, 9.17) is 11.6 Å². The van der Waals surface area contributed by atoms with Gasteiger partial charge in [0.1, 0.15) is 22.8 Å². The lowest BCUT2D eigenvalue weighted by atomic mass is 9.88. The van der Waals surface area contributed by atoms with Crippen LogP contribution in [0.4, 0.5) is 4.39 Å². The summed E-state index contributed by atoms with van der Waals surface area (Å²) in [6.45, 7) is 0.628. The maximum atomic E-state index is 15.3. The van der Waals surface area contributed by atoms with Gasteiger partial charge in [0.2, 0.25) is 0 Å². The standard InChI is InChI=1S/C20H18ClFN6O/c21-17-12-25-14(11-26-17)10-20(22)4-8-28(9-5-20)19(29)15-2-1-6-24-18(15)16-3-7-23-13-27-16/h1-3,6-7,11-13H,4-5,8-10H2. The molecule has 0 saturated carbocycles. The first kappa shape index (κ1) is 19.3. The molecule has 1 aliphatic rings. The summed E-state index contributed by atoms with van der Waals surface area (Å²) in [5, 5.41) is 0.276. The van der Waals surface area contributed by atoms with Crippen LogP contribution in [0.25, 0.3) is 11.4 Å². The van der Waals surface area contributed by atoms with Crippen LogP contribution in [0.3, 0.4) is 0 Å². The highest BCUT2D eigenvalue weighted by atomic mass is 35.5. The van der Waals surface area contributed by atoms with Gasteiger partial charge in [-0.2, -0.15) is 0 Å². The van der Waals surface area contributed by atoms with E-state index in [-0.39, 0.29) is 30.3 Å². The molecule has 4 rings (SSSR count). The number of carbonyl (C=O) groups excluding carboxylic acids is 1. The summed E-state index contributed by atoms with van der Waals surface area (Å²) in [4.78, 5) is 35.2. The molecule has 0 unspecified atom stereocenters. The molecule has 148 valence electrons. The molecular weight excluding hydrogens is 395 g/mol. The highest BCUT2D eigenvalue weighted by Gasteiger charge is 2.37. The summed E-state index contributed by atoms with van der Waals surface area (Å²) in [5.41, 5.74) is 0.635. The van der Waals surface area contributed by atoms with E-state index < -0.39 is 5.67 Å². The number of aromatic nitrogens is 5. The summed E-state index contributed by atoms with van der Waals surface area (Å²) in [6.07, 6.45) is 8.14. The van der Waals surface area contributed by atoms with Crippen LogP contribution < -0.4 is 0 Å². The van der Waals surface area contributed by atoms with Gasteiger partial charge in [0, 0.05) is 31.9 Å². The summed E-state index contributed by atoms with van der Waals surface area (Å²) in [6, 6.07) is 5.13. The van der Waals surface area contributed by atoms with E-state index in [1.54, 1.807) is 35.5 Å². The Morgan fingerprint density at radius 2 is 1.93 bits per heavy atom. The zero-order valence-electron chi connectivity index (χ0n) is 15.5. The predicted molar refractivity (Wildman–Crippen MR) is 105 cm³/mol. The number of alkyl halides is 1. The molecular formula is C20H18ClFN6O. The number of hydrogen-bond acceptors (Lipinski definition) is 6. The second-order valence-corrected chi connectivity index (χ2v) is 7.33. The van der Waals surface area contributed by atoms with Crippen LogP contribution in [0.5, 0.6) is 0 Å². The largest absolute Gasteiger partial charge is 0.338 e. The van der Waals surface area contributed by atoms with Crippen LogP contribution in [-0.2, 0) is 6.42 Å². The molecule has 7 nitrogen and oxygen atoms in total. The van der Waals surface area contributed by atoms with Gasteiger partial charge in [-0.25, -0.2) is 19.3 Å². The lowest BCUT2D eigenvalue weighted by Gasteiger charge is -2.36. The number of halogens is 2. The molecule has 0 N–H and O–H groups in total. The lowest BCUT2D eigenvalue weighted by molar-refractivity contribution is 0.0433. The molecule has 1 aliphatic heterocycles. The smallest absolute Gasteiger partial charge is 0.256 e. The zero-order chi connectivity index (χ0) is 20.3. The minimum absolute atomic E-state index is 0.151. The molecule has 0 aromatic carbocycles. The number of hydrogen-bond donors (Lipinski definition) is 0. The first-order valence-electron chi connectivity index (χ1n) is 9.20. The van der Waals surface area contributed by atoms with Crippen molar-refractivity contribution in [2.24, 2.45) is 0 Å². The lowest BCUT2D eigenvalue weighted by Crippen LogP contribution is -2.45. The Bertz CT molecular complexity index is 993. The average Bonchev–Trinajstić information content (AvgIpc) is 2.76. The minimum atomic E-state index is -1.43. The van der Waals surface area contributed by atoms with Crippen molar-refractivity contribution in [1.29, 1.82) is 0 Å². The minimum Gasteiger partial charge on any atom is -0.338 e. The van der Waals surface area contributed by atoms with Gasteiger partial charge in [0.05, 0.1) is 29.3 Å². The van der Waals surface area contributed by atoms with E-state index in [2.05, 4.69) is 24.9 Å². The van der Waals surface area contributed by atoms with E-state index >= 15 is 4.39 Å². The molecule has 0 bridgehead atoms. The molecule has 0 aliphatic carbocycles. The van der Waals surface area contributed by atoms with Crippen molar-refractivity contribution in [2.75, 3.05) is 13.1 Å². The molecule has 9 heteroatoms. The van der Waals surface area contributed by atoms with Gasteiger partial charge in [0.15, 0.2) is 0 Å². The number of piperidine rings is 1. The molecule has 29 heavy (non-hydrogen) atoms. The Hall–Kier alpha value is -3.00. The Kier molecular flexibility index (Phi) is 5.44. The topological polar surface area (TPSA) is 84.8 Å². The fourth-order valence-electron chi connectivity index (χ4n) is 3.43. The Morgan fingerprint density at radius 1 is 1.10 bits per heavy atom. The summed E-state index contributed by atoms with van der Waals surface area (Å²) >= 11 is 5.73. The Morgan fingerprint density at radius 3 is 2.62 bits per heavy atom. The third-order valence-corrected chi connectivity index (χ3v) is 5.18. The van der Waals surface area contributed by atoms with Crippen LogP contribution in [0.15, 0.2) is 49.3 Å². The Labute approximate surface area is 172 Å². The zero-order valence-corrected chi connectivity index (χ0v) is 16.3. The molecule has 0 spiro atoms. The summed E-state index contributed by atoms with van der Waals surface area (Å²) in [7, 11) is 0. The summed E-state index contributed by atoms with van der Waals surface area (Å²) < 4.78 is 15.3. The van der Waals surface area contributed by atoms with Crippen LogP contribution in [0, 0.1) is 0 Å². The quantitative estimate of drug-likeness (QED) is 0.654. The highest BCUT2D eigenvalue weighted by Crippen LogP contribution is 2.31. The number of rotatable bonds is 4. The van der Waals surface area contributed by atoms with E-state index in [0.717, 1.165) is 0 Å². The van der Waals surface area contributed by atoms with Gasteiger partial charge < -0.3 is 4.90 Å². The number of nitrogens with zero attached hydrogens (tertiary/aromatic N) is 6. The van der Waals surface area contributed by atoms with E-state index in [0.29, 0.717) is 35.7 Å². The number of pyridine rings is 1. The number of carbonyl (C=O) groups is 1. The highest BCUT2D eigenvalue weighted by molar-refractivity contribution is 6.29. The molecule has 3 aromatic heterocycles. The summed E-state index contributed by atoms with van der Waals surface area (Å²) in [5.74, 6) is -0.181. The van der Waals surface area contributed by atoms with Crippen LogP contribution >= 0.6 is 11.6 Å². The van der Waals surface area contributed by atoms with Crippen molar-refractivity contribution in [2.45, 2.75) is 24.9 Å². The van der Waals surface area contributed by atoms with Crippen molar-refractivity contribution in [1.82, 2.24) is 29.8 Å². The number of amides is 1. The molecule has 1 saturated heterocycles. The average molecular weight is 413 g/mol. The van der Waals surface area contributed by atoms with Crippen LogP contribution in [-0.4, -0.2) is 54.5 Å². The second kappa shape index (κ2) is 8.16. The van der Waals surface area contributed by atoms with Gasteiger partial charge in [-0.1, -0.05) is 11.6 Å². The molecule has 4 heterocycles. The molecule has 0 atom stereocenters. The third-order valence-electron chi connectivity index (χ3n) is 4.98. The van der Waals surface area contributed by atoms with Crippen molar-refractivity contribution >= 4 is 17.5 Å². The van der Waals surface area contributed by atoms with E-state index in [1.165, 1.54) is 18.7 Å². The Balaban J connectivity index is 1.47. The fraction of sp³-hybridized carbons (Fsp3) is 0.300. The van der Waals surface area contributed by atoms with Crippen LogP contribution in [0.2, 0.25) is 5.15 Å². The molecule has 1 fully saturated rings. The van der Waals surface area contributed by atoms with Gasteiger partial charge >= 0.3 is 0 Å². The van der Waals surface area contributed by atoms with Gasteiger partial charge in [0.25, 0.3) is 5.91 Å². The first-order valence-corrected chi connectivity index (χ1v) is 9.58. The molecule has 3 aromatic rings. The normalized spacial score (nSPS) is 15.9. The van der Waals surface area contributed by atoms with Crippen molar-refractivity contribution in [3.63, 3.8) is 0 Å². The fourth-order valence-corrected chi connectivity index (χ4v) is 3.52. The SMILES string of the molecule is O=C(c1cccnc1-c1ccncn1)N1CCC(F)(Cc2cnc(Cl)cn2)CC1. The van der Waals surface area contributed by atoms with Crippen molar-refractivity contribution < 1.29 is 9.18 Å². The van der Waals surface area contributed by atoms with Gasteiger partial charge in [-0.15, -0.1) is 0 Å². The monoisotopic (exact) mass is 412 g/mol. The van der Waals surface area contributed by atoms with Crippen LogP contribution in [0.1, 0.15) is 28.9 Å². The first-order chi connectivity index (χ1) is 14.0. The maximum Gasteiger partial charge on any atom is 0.256 e.